The molecular weight excluding hydrogens is 316 g/mol. The number of likely N-dealkylation sites (N-methyl/N-ethyl adjacent to an activating group) is 1. The van der Waals surface area contributed by atoms with Crippen molar-refractivity contribution in [3.63, 3.8) is 0 Å². The Morgan fingerprint density at radius 1 is 1.22 bits per heavy atom. The average Bonchev–Trinajstić information content (AvgIpc) is 2.53. The van der Waals surface area contributed by atoms with Crippen molar-refractivity contribution in [1.82, 2.24) is 9.79 Å². The van der Waals surface area contributed by atoms with E-state index in [1.165, 1.54) is 20.0 Å². The second-order valence-corrected chi connectivity index (χ2v) is 6.82. The van der Waals surface area contributed by atoms with Crippen molar-refractivity contribution in [3.05, 3.63) is 42.5 Å². The van der Waals surface area contributed by atoms with E-state index in [1.807, 2.05) is 24.3 Å². The Kier molecular flexibility index (Phi) is 5.35. The van der Waals surface area contributed by atoms with E-state index in [-0.39, 0.29) is 4.90 Å². The molecule has 0 fully saturated rings. The lowest BCUT2D eigenvalue weighted by Gasteiger charge is -2.20. The van der Waals surface area contributed by atoms with Crippen LogP contribution in [-0.2, 0) is 19.7 Å². The fourth-order valence-corrected chi connectivity index (χ4v) is 3.45. The minimum atomic E-state index is -3.80. The normalized spacial score (nSPS) is 13.0. The highest BCUT2D eigenvalue weighted by molar-refractivity contribution is 7.89. The van der Waals surface area contributed by atoms with Crippen LogP contribution in [0.25, 0.3) is 10.8 Å². The lowest BCUT2D eigenvalue weighted by molar-refractivity contribution is -0.178. The largest absolute Gasteiger partial charge is 0.271 e. The lowest BCUT2D eigenvalue weighted by Crippen LogP contribution is -2.45. The van der Waals surface area contributed by atoms with Crippen LogP contribution in [0, 0.1) is 0 Å². The second kappa shape index (κ2) is 7.08. The molecule has 2 aromatic rings. The van der Waals surface area contributed by atoms with Gasteiger partial charge in [-0.3, -0.25) is 9.63 Å². The van der Waals surface area contributed by atoms with Gasteiger partial charge in [0, 0.05) is 7.05 Å². The maximum absolute atomic E-state index is 12.4. The number of rotatable bonds is 6. The lowest BCUT2D eigenvalue weighted by atomic mass is 10.1. The first-order valence-corrected chi connectivity index (χ1v) is 8.75. The zero-order valence-electron chi connectivity index (χ0n) is 13.3. The molecule has 0 radical (unpaired) electrons. The van der Waals surface area contributed by atoms with Crippen molar-refractivity contribution in [1.29, 1.82) is 0 Å². The summed E-state index contributed by atoms with van der Waals surface area (Å²) in [7, 11) is -2.35. The second-order valence-electron chi connectivity index (χ2n) is 5.11. The van der Waals surface area contributed by atoms with Gasteiger partial charge in [0.15, 0.2) is 0 Å². The smallest absolute Gasteiger partial charge is 0.263 e. The number of nitrogens with one attached hydrogen (secondary N) is 1. The Bertz CT molecular complexity index is 805. The first-order valence-electron chi connectivity index (χ1n) is 7.26. The average molecular weight is 336 g/mol. The quantitative estimate of drug-likeness (QED) is 0.818. The number of sulfonamides is 1. The molecule has 2 rings (SSSR count). The summed E-state index contributed by atoms with van der Waals surface area (Å²) >= 11 is 0. The highest BCUT2D eigenvalue weighted by Crippen LogP contribution is 2.19. The van der Waals surface area contributed by atoms with Gasteiger partial charge in [0.05, 0.1) is 11.5 Å². The van der Waals surface area contributed by atoms with E-state index >= 15 is 0 Å². The fourth-order valence-electron chi connectivity index (χ4n) is 2.22. The Morgan fingerprint density at radius 2 is 1.87 bits per heavy atom. The predicted octanol–water partition coefficient (Wildman–Crippen LogP) is 1.92. The van der Waals surface area contributed by atoms with Crippen molar-refractivity contribution < 1.29 is 18.0 Å². The van der Waals surface area contributed by atoms with E-state index in [9.17, 15) is 13.2 Å². The summed E-state index contributed by atoms with van der Waals surface area (Å²) in [4.78, 5) is 17.2. The van der Waals surface area contributed by atoms with Crippen LogP contribution < -0.4 is 4.72 Å². The minimum Gasteiger partial charge on any atom is -0.271 e. The molecule has 1 N–H and O–H groups in total. The molecule has 2 aromatic carbocycles. The van der Waals surface area contributed by atoms with Crippen LogP contribution in [0.3, 0.4) is 0 Å². The van der Waals surface area contributed by atoms with Gasteiger partial charge in [0.1, 0.15) is 6.04 Å². The molecule has 0 aliphatic rings. The van der Waals surface area contributed by atoms with Crippen molar-refractivity contribution in [2.45, 2.75) is 24.8 Å². The number of hydroxylamine groups is 2. The van der Waals surface area contributed by atoms with Crippen LogP contribution in [-0.4, -0.2) is 39.1 Å². The summed E-state index contributed by atoms with van der Waals surface area (Å²) in [6, 6.07) is 11.4. The zero-order valence-corrected chi connectivity index (χ0v) is 14.1. The van der Waals surface area contributed by atoms with Gasteiger partial charge in [-0.05, 0) is 36.8 Å². The molecule has 1 atom stereocenters. The molecule has 1 unspecified atom stereocenters. The molecule has 1 amide bonds. The van der Waals surface area contributed by atoms with Crippen LogP contribution in [0.1, 0.15) is 13.8 Å². The van der Waals surface area contributed by atoms with Crippen molar-refractivity contribution in [2.24, 2.45) is 0 Å². The van der Waals surface area contributed by atoms with E-state index < -0.39 is 22.0 Å². The number of nitrogens with zero attached hydrogens (tertiary/aromatic N) is 1. The number of carbonyl (C=O) groups excluding carboxylic acids is 1. The maximum Gasteiger partial charge on any atom is 0.263 e. The van der Waals surface area contributed by atoms with Crippen LogP contribution in [0.15, 0.2) is 47.4 Å². The predicted molar refractivity (Wildman–Crippen MR) is 88.1 cm³/mol. The molecular formula is C16H20N2O4S. The molecule has 0 saturated heterocycles. The molecule has 0 aliphatic carbocycles. The van der Waals surface area contributed by atoms with Gasteiger partial charge >= 0.3 is 0 Å². The Morgan fingerprint density at radius 3 is 2.52 bits per heavy atom. The van der Waals surface area contributed by atoms with Gasteiger partial charge in [-0.1, -0.05) is 30.3 Å². The van der Waals surface area contributed by atoms with Crippen molar-refractivity contribution >= 4 is 26.7 Å². The van der Waals surface area contributed by atoms with E-state index in [2.05, 4.69) is 4.72 Å². The number of fused-ring (bicyclic) bond motifs is 1. The summed E-state index contributed by atoms with van der Waals surface area (Å²) in [5.41, 5.74) is 0. The maximum atomic E-state index is 12.4. The van der Waals surface area contributed by atoms with Gasteiger partial charge in [-0.15, -0.1) is 0 Å². The molecule has 0 bridgehead atoms. The summed E-state index contributed by atoms with van der Waals surface area (Å²) < 4.78 is 27.3. The highest BCUT2D eigenvalue weighted by atomic mass is 32.2. The third-order valence-corrected chi connectivity index (χ3v) is 4.91. The SMILES string of the molecule is CCON(C)C(=O)C(C)NS(=O)(=O)c1ccc2ccccc2c1. The van der Waals surface area contributed by atoms with Crippen LogP contribution in [0.5, 0.6) is 0 Å². The first-order chi connectivity index (χ1) is 10.8. The van der Waals surface area contributed by atoms with Crippen LogP contribution >= 0.6 is 0 Å². The Hall–Kier alpha value is -1.96. The van der Waals surface area contributed by atoms with Crippen molar-refractivity contribution in [3.8, 4) is 0 Å². The number of amides is 1. The molecule has 0 spiro atoms. The number of hydrogen-bond donors (Lipinski definition) is 1. The molecule has 0 aliphatic heterocycles. The zero-order chi connectivity index (χ0) is 17.0. The van der Waals surface area contributed by atoms with Crippen LogP contribution in [0.4, 0.5) is 0 Å². The first kappa shape index (κ1) is 17.4. The molecule has 0 heterocycles. The van der Waals surface area contributed by atoms with E-state index in [0.717, 1.165) is 15.8 Å². The number of hydrogen-bond acceptors (Lipinski definition) is 4. The fraction of sp³-hybridized carbons (Fsp3) is 0.312. The van der Waals surface area contributed by atoms with Crippen molar-refractivity contribution in [2.75, 3.05) is 13.7 Å². The molecule has 6 nitrogen and oxygen atoms in total. The van der Waals surface area contributed by atoms with E-state index in [4.69, 9.17) is 4.84 Å². The third kappa shape index (κ3) is 4.07. The van der Waals surface area contributed by atoms with Gasteiger partial charge in [-0.25, -0.2) is 13.5 Å². The minimum absolute atomic E-state index is 0.120. The molecule has 0 aromatic heterocycles. The highest BCUT2D eigenvalue weighted by Gasteiger charge is 2.24. The Balaban J connectivity index is 2.21. The standard InChI is InChI=1S/C16H20N2O4S/c1-4-22-18(3)16(19)12(2)17-23(20,21)15-10-9-13-7-5-6-8-14(13)11-15/h5-12,17H,4H2,1-3H3. The summed E-state index contributed by atoms with van der Waals surface area (Å²) in [5, 5.41) is 2.81. The van der Waals surface area contributed by atoms with Crippen LogP contribution in [0.2, 0.25) is 0 Å². The van der Waals surface area contributed by atoms with Gasteiger partial charge in [0.2, 0.25) is 10.0 Å². The van der Waals surface area contributed by atoms with E-state index in [1.54, 1.807) is 19.1 Å². The molecule has 0 saturated carbocycles. The number of carbonyl (C=O) groups is 1. The topological polar surface area (TPSA) is 75.7 Å². The number of benzene rings is 2. The third-order valence-electron chi connectivity index (χ3n) is 3.37. The van der Waals surface area contributed by atoms with E-state index in [0.29, 0.717) is 6.61 Å². The molecule has 23 heavy (non-hydrogen) atoms. The Labute approximate surface area is 136 Å². The summed E-state index contributed by atoms with van der Waals surface area (Å²) in [5.74, 6) is -0.462. The van der Waals surface area contributed by atoms with Gasteiger partial charge in [0.25, 0.3) is 5.91 Å². The van der Waals surface area contributed by atoms with Gasteiger partial charge < -0.3 is 0 Å². The summed E-state index contributed by atoms with van der Waals surface area (Å²) in [6.45, 7) is 3.55. The van der Waals surface area contributed by atoms with Gasteiger partial charge in [-0.2, -0.15) is 4.72 Å². The molecule has 124 valence electrons. The summed E-state index contributed by atoms with van der Waals surface area (Å²) in [6.07, 6.45) is 0. The molecule has 7 heteroatoms. The monoisotopic (exact) mass is 336 g/mol.